The Bertz CT molecular complexity index is 954. The van der Waals surface area contributed by atoms with Crippen LogP contribution in [-0.2, 0) is 4.74 Å². The first kappa shape index (κ1) is 18.9. The molecule has 4 nitrogen and oxygen atoms in total. The molecule has 1 fully saturated rings. The molecule has 144 valence electrons. The van der Waals surface area contributed by atoms with Crippen molar-refractivity contribution in [3.8, 4) is 0 Å². The molecule has 4 rings (SSSR count). The van der Waals surface area contributed by atoms with Gasteiger partial charge in [-0.2, -0.15) is 0 Å². The predicted octanol–water partition coefficient (Wildman–Crippen LogP) is 5.54. The third-order valence-electron chi connectivity index (χ3n) is 5.62. The highest BCUT2D eigenvalue weighted by atomic mass is 79.9. The van der Waals surface area contributed by atoms with Crippen LogP contribution in [0.4, 0.5) is 5.82 Å². The molecule has 0 atom stereocenters. The molecule has 1 aliphatic carbocycles. The van der Waals surface area contributed by atoms with Crippen LogP contribution in [-0.4, -0.2) is 21.8 Å². The zero-order valence-electron chi connectivity index (χ0n) is 16.0. The first-order valence-electron chi connectivity index (χ1n) is 9.57. The Hall–Kier alpha value is -2.40. The first-order chi connectivity index (χ1) is 13.5. The number of rotatable bonds is 3. The smallest absolute Gasteiger partial charge is 0.153 e. The minimum absolute atomic E-state index is 0.327. The van der Waals surface area contributed by atoms with Crippen molar-refractivity contribution in [1.82, 2.24) is 4.98 Å². The Morgan fingerprint density at radius 3 is 2.68 bits per heavy atom. The number of aliphatic imine (C=N–C) groups is 1. The number of alkyl halides is 1. The molecule has 2 heterocycles. The molecule has 1 aromatic carbocycles. The summed E-state index contributed by atoms with van der Waals surface area (Å²) < 4.78 is 6.70. The number of nitrogens with two attached hydrogens (primary N) is 1. The van der Waals surface area contributed by atoms with Gasteiger partial charge in [0.15, 0.2) is 5.82 Å². The van der Waals surface area contributed by atoms with Crippen molar-refractivity contribution in [2.24, 2.45) is 10.7 Å². The minimum atomic E-state index is -0.327. The second kappa shape index (κ2) is 7.55. The lowest BCUT2D eigenvalue weighted by Crippen LogP contribution is -2.35. The molecule has 1 aliphatic heterocycles. The Labute approximate surface area is 174 Å². The molecule has 2 aromatic rings. The maximum absolute atomic E-state index is 6.70. The molecular formula is C23H24BrN3O. The molecule has 1 spiro atoms. The molecule has 28 heavy (non-hydrogen) atoms. The summed E-state index contributed by atoms with van der Waals surface area (Å²) in [7, 11) is 0. The van der Waals surface area contributed by atoms with Crippen LogP contribution in [0.25, 0.3) is 11.3 Å². The summed E-state index contributed by atoms with van der Waals surface area (Å²) >= 11 is 3.76. The highest BCUT2D eigenvalue weighted by molar-refractivity contribution is 9.09. The van der Waals surface area contributed by atoms with Crippen molar-refractivity contribution < 1.29 is 4.74 Å². The van der Waals surface area contributed by atoms with Crippen molar-refractivity contribution in [2.45, 2.75) is 43.0 Å². The van der Waals surface area contributed by atoms with Gasteiger partial charge in [0.25, 0.3) is 0 Å². The SMILES string of the molecule is C=C1C(c2cccc(C)c2)=C(c2ccc(N=CN)nc2)OC12CCC(Br)CC2. The highest BCUT2D eigenvalue weighted by Crippen LogP contribution is 2.53. The van der Waals surface area contributed by atoms with Crippen molar-refractivity contribution in [2.75, 3.05) is 0 Å². The first-order valence-corrected chi connectivity index (χ1v) is 10.5. The molecule has 0 amide bonds. The Morgan fingerprint density at radius 1 is 1.25 bits per heavy atom. The molecule has 0 saturated heterocycles. The number of hydrogen-bond acceptors (Lipinski definition) is 3. The third-order valence-corrected chi connectivity index (χ3v) is 6.54. The largest absolute Gasteiger partial charge is 0.481 e. The van der Waals surface area contributed by atoms with Gasteiger partial charge >= 0.3 is 0 Å². The van der Waals surface area contributed by atoms with Crippen LogP contribution in [0, 0.1) is 6.92 Å². The van der Waals surface area contributed by atoms with Crippen molar-refractivity contribution in [1.29, 1.82) is 0 Å². The second-order valence-electron chi connectivity index (χ2n) is 7.51. The van der Waals surface area contributed by atoms with Crippen LogP contribution < -0.4 is 5.73 Å². The van der Waals surface area contributed by atoms with Crippen molar-refractivity contribution in [3.63, 3.8) is 0 Å². The van der Waals surface area contributed by atoms with E-state index in [1.54, 1.807) is 6.20 Å². The van der Waals surface area contributed by atoms with E-state index in [-0.39, 0.29) is 5.60 Å². The lowest BCUT2D eigenvalue weighted by Gasteiger charge is -2.36. The van der Waals surface area contributed by atoms with Gasteiger partial charge in [-0.1, -0.05) is 52.3 Å². The lowest BCUT2D eigenvalue weighted by atomic mass is 9.77. The van der Waals surface area contributed by atoms with E-state index in [0.717, 1.165) is 53.7 Å². The fourth-order valence-corrected chi connectivity index (χ4v) is 4.57. The monoisotopic (exact) mass is 437 g/mol. The average molecular weight is 438 g/mol. The number of benzene rings is 1. The van der Waals surface area contributed by atoms with Crippen molar-refractivity contribution >= 4 is 39.4 Å². The number of aromatic nitrogens is 1. The van der Waals surface area contributed by atoms with Gasteiger partial charge in [-0.05, 0) is 55.9 Å². The molecule has 5 heteroatoms. The van der Waals surface area contributed by atoms with Crippen LogP contribution >= 0.6 is 15.9 Å². The molecule has 0 radical (unpaired) electrons. The summed E-state index contributed by atoms with van der Waals surface area (Å²) in [6.07, 6.45) is 7.13. The third kappa shape index (κ3) is 3.39. The fraction of sp³-hybridized carbons (Fsp3) is 0.304. The van der Waals surface area contributed by atoms with Gasteiger partial charge in [-0.3, -0.25) is 0 Å². The average Bonchev–Trinajstić information content (AvgIpc) is 2.98. The van der Waals surface area contributed by atoms with E-state index in [2.05, 4.69) is 63.7 Å². The summed E-state index contributed by atoms with van der Waals surface area (Å²) in [6.45, 7) is 6.61. The number of pyridine rings is 1. The molecule has 0 unspecified atom stereocenters. The molecule has 2 aliphatic rings. The molecule has 2 N–H and O–H groups in total. The van der Waals surface area contributed by atoms with Gasteiger partial charge in [-0.15, -0.1) is 0 Å². The Balaban J connectivity index is 1.81. The van der Waals surface area contributed by atoms with Crippen LogP contribution in [0.1, 0.15) is 42.4 Å². The van der Waals surface area contributed by atoms with Crippen LogP contribution in [0.2, 0.25) is 0 Å². The zero-order valence-corrected chi connectivity index (χ0v) is 17.6. The van der Waals surface area contributed by atoms with Crippen molar-refractivity contribution in [3.05, 3.63) is 71.4 Å². The van der Waals surface area contributed by atoms with Gasteiger partial charge in [-0.25, -0.2) is 9.98 Å². The number of halogens is 1. The van der Waals surface area contributed by atoms with E-state index in [4.69, 9.17) is 10.5 Å². The van der Waals surface area contributed by atoms with Crippen LogP contribution in [0.3, 0.4) is 0 Å². The molecule has 0 bridgehead atoms. The van der Waals surface area contributed by atoms with E-state index in [1.165, 1.54) is 11.9 Å². The quantitative estimate of drug-likeness (QED) is 0.389. The maximum Gasteiger partial charge on any atom is 0.153 e. The van der Waals surface area contributed by atoms with E-state index >= 15 is 0 Å². The number of ether oxygens (including phenoxy) is 1. The topological polar surface area (TPSA) is 60.5 Å². The number of nitrogens with zero attached hydrogens (tertiary/aromatic N) is 2. The van der Waals surface area contributed by atoms with Crippen LogP contribution in [0.15, 0.2) is 59.7 Å². The number of aryl methyl sites for hydroxylation is 1. The summed E-state index contributed by atoms with van der Waals surface area (Å²) in [5.41, 5.74) is 10.5. The lowest BCUT2D eigenvalue weighted by molar-refractivity contribution is 0.0562. The van der Waals surface area contributed by atoms with Gasteiger partial charge in [0.05, 0.1) is 6.34 Å². The Morgan fingerprint density at radius 2 is 2.04 bits per heavy atom. The maximum atomic E-state index is 6.70. The van der Waals surface area contributed by atoms with E-state index < -0.39 is 0 Å². The summed E-state index contributed by atoms with van der Waals surface area (Å²) in [5.74, 6) is 1.44. The Kier molecular flexibility index (Phi) is 5.11. The van der Waals surface area contributed by atoms with Crippen LogP contribution in [0.5, 0.6) is 0 Å². The number of hydrogen-bond donors (Lipinski definition) is 1. The van der Waals surface area contributed by atoms with Gasteiger partial charge in [0.2, 0.25) is 0 Å². The molecule has 1 aromatic heterocycles. The van der Waals surface area contributed by atoms with Gasteiger partial charge in [0, 0.05) is 22.2 Å². The predicted molar refractivity (Wildman–Crippen MR) is 119 cm³/mol. The van der Waals surface area contributed by atoms with E-state index in [1.807, 2.05) is 12.1 Å². The minimum Gasteiger partial charge on any atom is -0.481 e. The van der Waals surface area contributed by atoms with E-state index in [0.29, 0.717) is 10.6 Å². The zero-order chi connectivity index (χ0) is 19.7. The summed E-state index contributed by atoms with van der Waals surface area (Å²) in [4.78, 5) is 8.98. The highest BCUT2D eigenvalue weighted by Gasteiger charge is 2.47. The summed E-state index contributed by atoms with van der Waals surface area (Å²) in [5, 5.41) is 0. The molecule has 1 saturated carbocycles. The second-order valence-corrected chi connectivity index (χ2v) is 8.80. The standard InChI is InChI=1S/C23H24BrN3O/c1-15-4-3-5-17(12-15)21-16(2)23(10-8-19(24)9-11-23)28-22(21)18-6-7-20(26-13-18)27-14-25/h3-7,12-14,19H,2,8-11H2,1H3,(H2,25,26,27). The fourth-order valence-electron chi connectivity index (χ4n) is 4.11. The normalized spacial score (nSPS) is 24.9. The van der Waals surface area contributed by atoms with Gasteiger partial charge in [0.1, 0.15) is 11.4 Å². The summed E-state index contributed by atoms with van der Waals surface area (Å²) in [6, 6.07) is 12.4. The molecular weight excluding hydrogens is 414 g/mol. The van der Waals surface area contributed by atoms with Gasteiger partial charge < -0.3 is 10.5 Å². The van der Waals surface area contributed by atoms with E-state index in [9.17, 15) is 0 Å².